The molecule has 23 heavy (non-hydrogen) atoms. The summed E-state index contributed by atoms with van der Waals surface area (Å²) in [7, 11) is 1.76. The lowest BCUT2D eigenvalue weighted by atomic mass is 10.1. The third-order valence-electron chi connectivity index (χ3n) is 3.89. The summed E-state index contributed by atoms with van der Waals surface area (Å²) in [6.45, 7) is 12.2. The van der Waals surface area contributed by atoms with Crippen molar-refractivity contribution in [2.24, 2.45) is 0 Å². The molecule has 1 aliphatic rings. The van der Waals surface area contributed by atoms with Gasteiger partial charge in [-0.3, -0.25) is 4.90 Å². The summed E-state index contributed by atoms with van der Waals surface area (Å²) in [6.07, 6.45) is -0.451. The average molecular weight is 329 g/mol. The van der Waals surface area contributed by atoms with E-state index in [0.717, 1.165) is 0 Å². The van der Waals surface area contributed by atoms with E-state index in [1.54, 1.807) is 37.6 Å². The van der Waals surface area contributed by atoms with Crippen LogP contribution in [0.4, 0.5) is 9.59 Å². The molecule has 0 unspecified atom stereocenters. The molecule has 7 nitrogen and oxygen atoms in total. The fourth-order valence-electron chi connectivity index (χ4n) is 2.25. The number of aliphatic hydroxyl groups excluding tert-OH is 1. The number of amides is 3. The first-order valence-electron chi connectivity index (χ1n) is 8.00. The zero-order valence-corrected chi connectivity index (χ0v) is 15.4. The summed E-state index contributed by atoms with van der Waals surface area (Å²) in [5, 5.41) is 9.61. The third-order valence-corrected chi connectivity index (χ3v) is 3.89. The topological polar surface area (TPSA) is 73.3 Å². The van der Waals surface area contributed by atoms with Crippen LogP contribution in [0.5, 0.6) is 0 Å². The van der Waals surface area contributed by atoms with Gasteiger partial charge in [0.05, 0.1) is 12.6 Å². The molecular formula is C16H31N3O4. The molecule has 0 aromatic heterocycles. The average Bonchev–Trinajstić information content (AvgIpc) is 2.42. The lowest BCUT2D eigenvalue weighted by Crippen LogP contribution is -2.61. The Labute approximate surface area is 139 Å². The van der Waals surface area contributed by atoms with Crippen molar-refractivity contribution in [2.75, 3.05) is 33.3 Å². The van der Waals surface area contributed by atoms with E-state index in [-0.39, 0.29) is 18.2 Å². The summed E-state index contributed by atoms with van der Waals surface area (Å²) in [5.74, 6) is 0. The number of ether oxygens (including phenoxy) is 1. The second-order valence-electron chi connectivity index (χ2n) is 7.97. The number of hydrogen-bond donors (Lipinski definition) is 1. The summed E-state index contributed by atoms with van der Waals surface area (Å²) < 4.78 is 5.37. The lowest BCUT2D eigenvalue weighted by molar-refractivity contribution is -0.00947. The molecule has 3 amide bonds. The highest BCUT2D eigenvalue weighted by molar-refractivity contribution is 5.76. The quantitative estimate of drug-likeness (QED) is 0.795. The van der Waals surface area contributed by atoms with Gasteiger partial charge in [0.25, 0.3) is 0 Å². The van der Waals surface area contributed by atoms with Crippen molar-refractivity contribution in [3.05, 3.63) is 0 Å². The Morgan fingerprint density at radius 2 is 1.74 bits per heavy atom. The van der Waals surface area contributed by atoms with Crippen LogP contribution in [0, 0.1) is 0 Å². The minimum atomic E-state index is -0.587. The maximum atomic E-state index is 12.5. The zero-order chi connectivity index (χ0) is 18.0. The maximum Gasteiger partial charge on any atom is 0.410 e. The molecule has 1 rings (SSSR count). The van der Waals surface area contributed by atoms with Crippen molar-refractivity contribution in [1.29, 1.82) is 0 Å². The van der Waals surface area contributed by atoms with Gasteiger partial charge in [0.15, 0.2) is 0 Å². The normalized spacial score (nSPS) is 19.6. The van der Waals surface area contributed by atoms with Gasteiger partial charge in [0.1, 0.15) is 5.60 Å². The third kappa shape index (κ3) is 5.27. The molecule has 1 N–H and O–H groups in total. The van der Waals surface area contributed by atoms with Gasteiger partial charge in [-0.1, -0.05) is 0 Å². The molecule has 1 heterocycles. The predicted molar refractivity (Wildman–Crippen MR) is 88.3 cm³/mol. The summed E-state index contributed by atoms with van der Waals surface area (Å²) in [4.78, 5) is 29.6. The van der Waals surface area contributed by atoms with E-state index in [1.807, 2.05) is 20.8 Å². The number of rotatable bonds is 1. The Hall–Kier alpha value is -1.50. The van der Waals surface area contributed by atoms with Gasteiger partial charge >= 0.3 is 12.1 Å². The molecule has 0 bridgehead atoms. The molecule has 1 atom stereocenters. The van der Waals surface area contributed by atoms with Crippen LogP contribution in [-0.4, -0.2) is 82.4 Å². The number of hydrogen-bond acceptors (Lipinski definition) is 4. The number of urea groups is 1. The number of carbonyl (C=O) groups excluding carboxylic acids is 2. The van der Waals surface area contributed by atoms with Gasteiger partial charge < -0.3 is 19.6 Å². The molecule has 0 saturated carbocycles. The van der Waals surface area contributed by atoms with Crippen molar-refractivity contribution in [2.45, 2.75) is 58.7 Å². The Morgan fingerprint density at radius 3 is 2.17 bits per heavy atom. The highest BCUT2D eigenvalue weighted by Gasteiger charge is 2.36. The molecule has 134 valence electrons. The first kappa shape index (κ1) is 19.5. The molecule has 1 fully saturated rings. The minimum absolute atomic E-state index is 0.0974. The van der Waals surface area contributed by atoms with Gasteiger partial charge in [0, 0.05) is 32.2 Å². The highest BCUT2D eigenvalue weighted by Crippen LogP contribution is 2.19. The van der Waals surface area contributed by atoms with Crippen molar-refractivity contribution in [3.8, 4) is 0 Å². The smallest absolute Gasteiger partial charge is 0.410 e. The molecule has 0 aliphatic carbocycles. The van der Waals surface area contributed by atoms with Crippen LogP contribution in [0.25, 0.3) is 0 Å². The number of aliphatic hydroxyl groups is 1. The zero-order valence-electron chi connectivity index (χ0n) is 15.4. The predicted octanol–water partition coefficient (Wildman–Crippen LogP) is 1.75. The molecule has 0 aromatic carbocycles. The molecule has 0 aromatic rings. The first-order valence-corrected chi connectivity index (χ1v) is 8.00. The molecule has 7 heteroatoms. The molecule has 0 radical (unpaired) electrons. The van der Waals surface area contributed by atoms with Crippen LogP contribution in [0.15, 0.2) is 0 Å². The van der Waals surface area contributed by atoms with Crippen molar-refractivity contribution in [1.82, 2.24) is 14.7 Å². The van der Waals surface area contributed by atoms with E-state index in [1.165, 1.54) is 4.90 Å². The van der Waals surface area contributed by atoms with Crippen LogP contribution < -0.4 is 0 Å². The second-order valence-corrected chi connectivity index (χ2v) is 7.97. The Morgan fingerprint density at radius 1 is 1.17 bits per heavy atom. The molecular weight excluding hydrogens is 298 g/mol. The molecule has 1 saturated heterocycles. The van der Waals surface area contributed by atoms with Gasteiger partial charge in [0.2, 0.25) is 0 Å². The van der Waals surface area contributed by atoms with E-state index >= 15 is 0 Å². The van der Waals surface area contributed by atoms with E-state index in [9.17, 15) is 14.7 Å². The number of piperazine rings is 1. The van der Waals surface area contributed by atoms with Crippen LogP contribution in [0.3, 0.4) is 0 Å². The highest BCUT2D eigenvalue weighted by atomic mass is 16.6. The fourth-order valence-corrected chi connectivity index (χ4v) is 2.25. The Bertz CT molecular complexity index is 440. The van der Waals surface area contributed by atoms with E-state index < -0.39 is 17.7 Å². The van der Waals surface area contributed by atoms with Crippen LogP contribution in [0.1, 0.15) is 41.5 Å². The molecule has 0 spiro atoms. The van der Waals surface area contributed by atoms with E-state index in [4.69, 9.17) is 4.74 Å². The summed E-state index contributed by atoms with van der Waals surface area (Å²) in [5.41, 5.74) is -0.870. The monoisotopic (exact) mass is 329 g/mol. The minimum Gasteiger partial charge on any atom is -0.444 e. The van der Waals surface area contributed by atoms with Crippen LogP contribution in [-0.2, 0) is 4.74 Å². The number of carbonyl (C=O) groups is 2. The molecule has 1 aliphatic heterocycles. The van der Waals surface area contributed by atoms with Crippen LogP contribution in [0.2, 0.25) is 0 Å². The fraction of sp³-hybridized carbons (Fsp3) is 0.875. The maximum absolute atomic E-state index is 12.5. The van der Waals surface area contributed by atoms with Gasteiger partial charge in [-0.2, -0.15) is 0 Å². The SMILES string of the molecule is CN(C(=O)N1CCN(C(=O)OC(C)(C)C)[C@H](CO)C1)C(C)(C)C. The van der Waals surface area contributed by atoms with Crippen molar-refractivity contribution >= 4 is 12.1 Å². The van der Waals surface area contributed by atoms with Gasteiger partial charge in [-0.15, -0.1) is 0 Å². The van der Waals surface area contributed by atoms with E-state index in [0.29, 0.717) is 19.6 Å². The standard InChI is InChI=1S/C16H31N3O4/c1-15(2,3)17(7)13(21)18-8-9-19(12(10-18)11-20)14(22)23-16(4,5)6/h12,20H,8-11H2,1-7H3/t12-/m0/s1. The van der Waals surface area contributed by atoms with Crippen molar-refractivity contribution in [3.63, 3.8) is 0 Å². The lowest BCUT2D eigenvalue weighted by Gasteiger charge is -2.43. The van der Waals surface area contributed by atoms with E-state index in [2.05, 4.69) is 0 Å². The van der Waals surface area contributed by atoms with Crippen molar-refractivity contribution < 1.29 is 19.4 Å². The van der Waals surface area contributed by atoms with Crippen LogP contribution >= 0.6 is 0 Å². The Balaban J connectivity index is 2.76. The second kappa shape index (κ2) is 6.95. The first-order chi connectivity index (χ1) is 10.4. The summed E-state index contributed by atoms with van der Waals surface area (Å²) in [6, 6.07) is -0.546. The Kier molecular flexibility index (Phi) is 5.90. The largest absolute Gasteiger partial charge is 0.444 e. The van der Waals surface area contributed by atoms with Gasteiger partial charge in [-0.25, -0.2) is 9.59 Å². The summed E-state index contributed by atoms with van der Waals surface area (Å²) >= 11 is 0. The number of nitrogens with zero attached hydrogens (tertiary/aromatic N) is 3. The van der Waals surface area contributed by atoms with Gasteiger partial charge in [-0.05, 0) is 41.5 Å².